The Morgan fingerprint density at radius 3 is 1.76 bits per heavy atom. The standard InChI is InChI=1S/C45H27FN4O/c46-32-17-11-16-30(24-32)35-25-31(45-48-43(28-12-3-1-4-13-28)47-44(49-45)29-14-5-2-6-15-29)22-23-39(35)50-38-20-9-7-18-33(38)36-26-37-34-19-8-10-21-41(34)51-42(37)27-40(36)50/h1-27H. The molecule has 10 aromatic rings. The van der Waals surface area contributed by atoms with Crippen molar-refractivity contribution < 1.29 is 8.81 Å². The summed E-state index contributed by atoms with van der Waals surface area (Å²) in [4.78, 5) is 14.8. The fourth-order valence-corrected chi connectivity index (χ4v) is 7.14. The minimum absolute atomic E-state index is 0.312. The van der Waals surface area contributed by atoms with Crippen LogP contribution >= 0.6 is 0 Å². The molecule has 0 bridgehead atoms. The molecular weight excluding hydrogens is 632 g/mol. The summed E-state index contributed by atoms with van der Waals surface area (Å²) in [7, 11) is 0. The van der Waals surface area contributed by atoms with Gasteiger partial charge in [0.25, 0.3) is 0 Å². The number of hydrogen-bond acceptors (Lipinski definition) is 4. The Bertz CT molecular complexity index is 2870. The van der Waals surface area contributed by atoms with E-state index in [4.69, 9.17) is 19.4 Å². The maximum atomic E-state index is 15.0. The van der Waals surface area contributed by atoms with Crippen LogP contribution in [0.25, 0.3) is 94.7 Å². The Morgan fingerprint density at radius 1 is 0.412 bits per heavy atom. The lowest BCUT2D eigenvalue weighted by Crippen LogP contribution is -2.02. The first kappa shape index (κ1) is 29.0. The van der Waals surface area contributed by atoms with Crippen molar-refractivity contribution in [3.63, 3.8) is 0 Å². The largest absolute Gasteiger partial charge is 0.456 e. The van der Waals surface area contributed by atoms with Crippen LogP contribution in [-0.4, -0.2) is 19.5 Å². The first-order valence-electron chi connectivity index (χ1n) is 16.8. The van der Waals surface area contributed by atoms with Crippen molar-refractivity contribution in [2.24, 2.45) is 0 Å². The highest BCUT2D eigenvalue weighted by Gasteiger charge is 2.20. The second kappa shape index (κ2) is 11.6. The second-order valence-corrected chi connectivity index (χ2v) is 12.6. The van der Waals surface area contributed by atoms with Crippen LogP contribution in [0.15, 0.2) is 168 Å². The maximum absolute atomic E-state index is 15.0. The van der Waals surface area contributed by atoms with Crippen LogP contribution < -0.4 is 0 Å². The summed E-state index contributed by atoms with van der Waals surface area (Å²) in [6.07, 6.45) is 0. The van der Waals surface area contributed by atoms with Crippen molar-refractivity contribution in [1.29, 1.82) is 0 Å². The molecule has 240 valence electrons. The summed E-state index contributed by atoms with van der Waals surface area (Å²) >= 11 is 0. The topological polar surface area (TPSA) is 56.7 Å². The van der Waals surface area contributed by atoms with E-state index in [2.05, 4.69) is 59.2 Å². The Balaban J connectivity index is 1.24. The van der Waals surface area contributed by atoms with E-state index in [1.807, 2.05) is 91.0 Å². The first-order valence-corrected chi connectivity index (χ1v) is 16.8. The maximum Gasteiger partial charge on any atom is 0.164 e. The molecule has 10 rings (SSSR count). The molecule has 0 saturated carbocycles. The number of furan rings is 1. The second-order valence-electron chi connectivity index (χ2n) is 12.6. The van der Waals surface area contributed by atoms with Crippen molar-refractivity contribution in [2.75, 3.05) is 0 Å². The fraction of sp³-hybridized carbons (Fsp3) is 0. The van der Waals surface area contributed by atoms with Crippen molar-refractivity contribution >= 4 is 43.7 Å². The first-order chi connectivity index (χ1) is 25.2. The average molecular weight is 659 g/mol. The highest BCUT2D eigenvalue weighted by atomic mass is 19.1. The van der Waals surface area contributed by atoms with Crippen LogP contribution in [0.5, 0.6) is 0 Å². The molecule has 0 amide bonds. The third-order valence-corrected chi connectivity index (χ3v) is 9.50. The van der Waals surface area contributed by atoms with Gasteiger partial charge in [0.1, 0.15) is 17.0 Å². The van der Waals surface area contributed by atoms with Crippen LogP contribution in [0, 0.1) is 5.82 Å². The Hall–Kier alpha value is -6.92. The normalized spacial score (nSPS) is 11.6. The van der Waals surface area contributed by atoms with Gasteiger partial charge >= 0.3 is 0 Å². The van der Waals surface area contributed by atoms with E-state index >= 15 is 0 Å². The molecule has 0 aliphatic heterocycles. The van der Waals surface area contributed by atoms with E-state index in [0.717, 1.165) is 77.2 Å². The van der Waals surface area contributed by atoms with Crippen molar-refractivity contribution in [2.45, 2.75) is 0 Å². The van der Waals surface area contributed by atoms with E-state index in [1.54, 1.807) is 12.1 Å². The number of nitrogens with zero attached hydrogens (tertiary/aromatic N) is 4. The van der Waals surface area contributed by atoms with Gasteiger partial charge in [-0.2, -0.15) is 0 Å². The average Bonchev–Trinajstić information content (AvgIpc) is 3.72. The van der Waals surface area contributed by atoms with Gasteiger partial charge in [-0.25, -0.2) is 19.3 Å². The molecule has 0 saturated heterocycles. The number of halogens is 1. The summed E-state index contributed by atoms with van der Waals surface area (Å²) in [6.45, 7) is 0. The van der Waals surface area contributed by atoms with E-state index in [-0.39, 0.29) is 5.82 Å². The van der Waals surface area contributed by atoms with E-state index in [0.29, 0.717) is 17.5 Å². The predicted octanol–water partition coefficient (Wildman–Crippen LogP) is 11.7. The molecule has 7 aromatic carbocycles. The molecule has 3 aromatic heterocycles. The molecule has 5 nitrogen and oxygen atoms in total. The summed E-state index contributed by atoms with van der Waals surface area (Å²) in [6, 6.07) is 53.6. The smallest absolute Gasteiger partial charge is 0.164 e. The number of aromatic nitrogens is 4. The molecular formula is C45H27FN4O. The minimum Gasteiger partial charge on any atom is -0.456 e. The lowest BCUT2D eigenvalue weighted by atomic mass is 9.99. The van der Waals surface area contributed by atoms with Crippen molar-refractivity contribution in [3.05, 3.63) is 170 Å². The van der Waals surface area contributed by atoms with Gasteiger partial charge in [0.15, 0.2) is 17.5 Å². The quantitative estimate of drug-likeness (QED) is 0.185. The molecule has 0 unspecified atom stereocenters. The van der Waals surface area contributed by atoms with Crippen LogP contribution in [0.4, 0.5) is 4.39 Å². The van der Waals surface area contributed by atoms with Gasteiger partial charge in [-0.3, -0.25) is 0 Å². The number of para-hydroxylation sites is 2. The number of benzene rings is 7. The highest BCUT2D eigenvalue weighted by molar-refractivity contribution is 6.17. The van der Waals surface area contributed by atoms with Gasteiger partial charge < -0.3 is 8.98 Å². The molecule has 0 aliphatic rings. The highest BCUT2D eigenvalue weighted by Crippen LogP contribution is 2.41. The summed E-state index contributed by atoms with van der Waals surface area (Å²) in [5.74, 6) is 1.37. The van der Waals surface area contributed by atoms with E-state index in [9.17, 15) is 4.39 Å². The lowest BCUT2D eigenvalue weighted by Gasteiger charge is -2.16. The molecule has 6 heteroatoms. The SMILES string of the molecule is Fc1cccc(-c2cc(-c3nc(-c4ccccc4)nc(-c4ccccc4)n3)ccc2-n2c3ccccc3c3cc4c(cc32)oc2ccccc24)c1. The van der Waals surface area contributed by atoms with Crippen molar-refractivity contribution in [1.82, 2.24) is 19.5 Å². The van der Waals surface area contributed by atoms with Crippen LogP contribution in [0.1, 0.15) is 0 Å². The Morgan fingerprint density at radius 2 is 1.04 bits per heavy atom. The summed E-state index contributed by atoms with van der Waals surface area (Å²) in [5, 5.41) is 4.38. The Kier molecular flexibility index (Phi) is 6.61. The monoisotopic (exact) mass is 658 g/mol. The van der Waals surface area contributed by atoms with Gasteiger partial charge in [-0.1, -0.05) is 109 Å². The zero-order chi connectivity index (χ0) is 33.9. The number of rotatable bonds is 5. The van der Waals surface area contributed by atoms with Gasteiger partial charge in [0.2, 0.25) is 0 Å². The lowest BCUT2D eigenvalue weighted by molar-refractivity contribution is 0.628. The van der Waals surface area contributed by atoms with Gasteiger partial charge in [-0.15, -0.1) is 0 Å². The molecule has 0 aliphatic carbocycles. The van der Waals surface area contributed by atoms with Gasteiger partial charge in [0.05, 0.1) is 16.7 Å². The third kappa shape index (κ3) is 4.88. The molecule has 3 heterocycles. The number of fused-ring (bicyclic) bond motifs is 6. The molecule has 0 radical (unpaired) electrons. The minimum atomic E-state index is -0.312. The summed E-state index contributed by atoms with van der Waals surface area (Å²) in [5.41, 5.74) is 8.72. The third-order valence-electron chi connectivity index (χ3n) is 9.50. The van der Waals surface area contributed by atoms with Crippen LogP contribution in [0.3, 0.4) is 0 Å². The zero-order valence-corrected chi connectivity index (χ0v) is 27.2. The van der Waals surface area contributed by atoms with Crippen LogP contribution in [0.2, 0.25) is 0 Å². The number of hydrogen-bond donors (Lipinski definition) is 0. The van der Waals surface area contributed by atoms with Crippen LogP contribution in [-0.2, 0) is 0 Å². The van der Waals surface area contributed by atoms with E-state index < -0.39 is 0 Å². The van der Waals surface area contributed by atoms with E-state index in [1.165, 1.54) is 6.07 Å². The molecule has 0 atom stereocenters. The van der Waals surface area contributed by atoms with Gasteiger partial charge in [0, 0.05) is 49.9 Å². The Labute approximate surface area is 291 Å². The summed E-state index contributed by atoms with van der Waals surface area (Å²) < 4.78 is 23.6. The molecule has 0 spiro atoms. The fourth-order valence-electron chi connectivity index (χ4n) is 7.14. The molecule has 0 fully saturated rings. The van der Waals surface area contributed by atoms with Crippen molar-refractivity contribution in [3.8, 4) is 51.0 Å². The predicted molar refractivity (Wildman–Crippen MR) is 203 cm³/mol. The molecule has 0 N–H and O–H groups in total. The molecule has 51 heavy (non-hydrogen) atoms. The van der Waals surface area contributed by atoms with Gasteiger partial charge in [-0.05, 0) is 54.1 Å². The zero-order valence-electron chi connectivity index (χ0n) is 27.2.